The fraction of sp³-hybridized carbons (Fsp3) is 0.318. The molecule has 0 saturated carbocycles. The molecule has 1 aromatic carbocycles. The van der Waals surface area contributed by atoms with E-state index >= 15 is 0 Å². The first kappa shape index (κ1) is 23.7. The minimum absolute atomic E-state index is 0.0142. The van der Waals surface area contributed by atoms with Gasteiger partial charge in [-0.25, -0.2) is 17.8 Å². The molecule has 33 heavy (non-hydrogen) atoms. The minimum atomic E-state index is -4.73. The predicted octanol–water partition coefficient (Wildman–Crippen LogP) is 5.61. The number of sulfonamides is 1. The van der Waals surface area contributed by atoms with Crippen LogP contribution in [0, 0.1) is 5.82 Å². The third-order valence-corrected chi connectivity index (χ3v) is 8.33. The highest BCUT2D eigenvalue weighted by Gasteiger charge is 2.38. The fourth-order valence-corrected chi connectivity index (χ4v) is 6.31. The van der Waals surface area contributed by atoms with Crippen LogP contribution < -0.4 is 5.32 Å². The minimum Gasteiger partial charge on any atom is -0.362 e. The van der Waals surface area contributed by atoms with E-state index in [0.29, 0.717) is 17.2 Å². The molecule has 3 heterocycles. The summed E-state index contributed by atoms with van der Waals surface area (Å²) in [4.78, 5) is 3.31. The van der Waals surface area contributed by atoms with E-state index in [9.17, 15) is 26.0 Å². The second kappa shape index (κ2) is 8.69. The third-order valence-electron chi connectivity index (χ3n) is 5.63. The Morgan fingerprint density at radius 1 is 1.18 bits per heavy atom. The lowest BCUT2D eigenvalue weighted by molar-refractivity contribution is -0.141. The van der Waals surface area contributed by atoms with Gasteiger partial charge in [0.2, 0.25) is 10.0 Å². The van der Waals surface area contributed by atoms with Crippen LogP contribution in [0.5, 0.6) is 0 Å². The van der Waals surface area contributed by atoms with E-state index in [1.54, 1.807) is 19.9 Å². The van der Waals surface area contributed by atoms with E-state index in [4.69, 9.17) is 0 Å². The second-order valence-corrected chi connectivity index (χ2v) is 10.6. The highest BCUT2D eigenvalue weighted by molar-refractivity contribution is 7.89. The summed E-state index contributed by atoms with van der Waals surface area (Å²) in [5.41, 5.74) is 0.974. The van der Waals surface area contributed by atoms with E-state index in [-0.39, 0.29) is 23.7 Å². The van der Waals surface area contributed by atoms with Gasteiger partial charge in [0, 0.05) is 12.6 Å². The summed E-state index contributed by atoms with van der Waals surface area (Å²) < 4.78 is 82.1. The number of aromatic nitrogens is 1. The lowest BCUT2D eigenvalue weighted by Gasteiger charge is -2.34. The predicted molar refractivity (Wildman–Crippen MR) is 118 cm³/mol. The summed E-state index contributed by atoms with van der Waals surface area (Å²) in [5.74, 6) is -0.765. The van der Waals surface area contributed by atoms with E-state index in [0.717, 1.165) is 11.6 Å². The molecule has 0 saturated heterocycles. The number of thiophene rings is 1. The maximum Gasteiger partial charge on any atom is 0.433 e. The van der Waals surface area contributed by atoms with Gasteiger partial charge in [-0.15, -0.1) is 0 Å². The molecule has 5 nitrogen and oxygen atoms in total. The molecule has 1 unspecified atom stereocenters. The number of rotatable bonds is 5. The number of hydrogen-bond acceptors (Lipinski definition) is 5. The molecule has 0 amide bonds. The van der Waals surface area contributed by atoms with Crippen LogP contribution in [0.4, 0.5) is 23.4 Å². The number of benzene rings is 1. The van der Waals surface area contributed by atoms with E-state index in [2.05, 4.69) is 10.3 Å². The van der Waals surface area contributed by atoms with Gasteiger partial charge in [-0.2, -0.15) is 28.8 Å². The van der Waals surface area contributed by atoms with Crippen molar-refractivity contribution in [3.8, 4) is 0 Å². The van der Waals surface area contributed by atoms with Crippen LogP contribution in [0.25, 0.3) is 0 Å². The van der Waals surface area contributed by atoms with Crippen molar-refractivity contribution in [3.63, 3.8) is 0 Å². The van der Waals surface area contributed by atoms with Gasteiger partial charge in [0.15, 0.2) is 0 Å². The van der Waals surface area contributed by atoms with Crippen molar-refractivity contribution in [2.24, 2.45) is 0 Å². The van der Waals surface area contributed by atoms with Crippen molar-refractivity contribution >= 4 is 27.2 Å². The number of nitrogens with zero attached hydrogens (tertiary/aromatic N) is 2. The molecule has 0 aliphatic carbocycles. The van der Waals surface area contributed by atoms with Crippen LogP contribution in [-0.4, -0.2) is 23.7 Å². The van der Waals surface area contributed by atoms with Crippen LogP contribution in [-0.2, 0) is 29.2 Å². The average molecular weight is 500 g/mol. The van der Waals surface area contributed by atoms with Gasteiger partial charge in [-0.05, 0) is 78.1 Å². The second-order valence-electron chi connectivity index (χ2n) is 7.98. The summed E-state index contributed by atoms with van der Waals surface area (Å²) in [6, 6.07) is 6.60. The summed E-state index contributed by atoms with van der Waals surface area (Å²) in [6.45, 7) is 3.39. The number of halogens is 4. The van der Waals surface area contributed by atoms with Crippen molar-refractivity contribution < 1.29 is 26.0 Å². The maximum absolute atomic E-state index is 13.6. The molecule has 1 N–H and O–H groups in total. The molecule has 0 fully saturated rings. The Morgan fingerprint density at radius 3 is 2.61 bits per heavy atom. The molecule has 0 spiro atoms. The van der Waals surface area contributed by atoms with Crippen LogP contribution in [0.1, 0.15) is 42.3 Å². The monoisotopic (exact) mass is 499 g/mol. The van der Waals surface area contributed by atoms with Crippen molar-refractivity contribution in [1.29, 1.82) is 0 Å². The van der Waals surface area contributed by atoms with Gasteiger partial charge in [0.05, 0.1) is 6.04 Å². The fourth-order valence-electron chi connectivity index (χ4n) is 3.86. The average Bonchev–Trinajstić information content (AvgIpc) is 3.27. The number of anilines is 1. The van der Waals surface area contributed by atoms with Crippen molar-refractivity contribution in [2.45, 2.75) is 50.0 Å². The van der Waals surface area contributed by atoms with Crippen molar-refractivity contribution in [2.75, 3.05) is 5.32 Å². The Bertz CT molecular complexity index is 1260. The topological polar surface area (TPSA) is 62.3 Å². The standard InChI is InChI=1S/C22H21F4N3O2S2/c1-13-9-17-10-18(23)4-3-15(17)11-29(13)33(30,31)19-5-6-20(22(24,25)26)28-21(19)27-14(2)16-7-8-32-12-16/h3-8,10,12-14H,9,11H2,1-2H3,(H,27,28)/t13?,14-/m1/s1. The molecule has 176 valence electrons. The zero-order valence-electron chi connectivity index (χ0n) is 17.7. The summed E-state index contributed by atoms with van der Waals surface area (Å²) >= 11 is 1.42. The first-order chi connectivity index (χ1) is 15.5. The molecule has 2 aromatic heterocycles. The highest BCUT2D eigenvalue weighted by Crippen LogP contribution is 2.36. The number of nitrogens with one attached hydrogen (secondary N) is 1. The molecule has 0 bridgehead atoms. The zero-order chi connectivity index (χ0) is 24.0. The number of pyridine rings is 1. The Kier molecular flexibility index (Phi) is 6.23. The van der Waals surface area contributed by atoms with Crippen LogP contribution in [0.15, 0.2) is 52.1 Å². The lowest BCUT2D eigenvalue weighted by Crippen LogP contribution is -2.42. The van der Waals surface area contributed by atoms with Gasteiger partial charge < -0.3 is 5.32 Å². The van der Waals surface area contributed by atoms with E-state index < -0.39 is 39.8 Å². The first-order valence-corrected chi connectivity index (χ1v) is 12.5. The first-order valence-electron chi connectivity index (χ1n) is 10.1. The van der Waals surface area contributed by atoms with Crippen LogP contribution in [0.3, 0.4) is 0 Å². The smallest absolute Gasteiger partial charge is 0.362 e. The normalized spacial score (nSPS) is 18.1. The van der Waals surface area contributed by atoms with Crippen LogP contribution >= 0.6 is 11.3 Å². The number of fused-ring (bicyclic) bond motifs is 1. The molecule has 1 aliphatic heterocycles. The van der Waals surface area contributed by atoms with Crippen LogP contribution in [0.2, 0.25) is 0 Å². The molecule has 1 aliphatic rings. The largest absolute Gasteiger partial charge is 0.433 e. The van der Waals surface area contributed by atoms with Crippen molar-refractivity contribution in [3.05, 3.63) is 75.4 Å². The lowest BCUT2D eigenvalue weighted by atomic mass is 9.97. The molecule has 4 rings (SSSR count). The van der Waals surface area contributed by atoms with Gasteiger partial charge in [-0.1, -0.05) is 6.07 Å². The molecular weight excluding hydrogens is 478 g/mol. The Morgan fingerprint density at radius 2 is 1.94 bits per heavy atom. The zero-order valence-corrected chi connectivity index (χ0v) is 19.4. The molecular formula is C22H21F4N3O2S2. The Labute approximate surface area is 193 Å². The molecule has 11 heteroatoms. The molecule has 3 aromatic rings. The quantitative estimate of drug-likeness (QED) is 0.464. The Hall–Kier alpha value is -2.50. The van der Waals surface area contributed by atoms with E-state index in [1.165, 1.54) is 33.8 Å². The summed E-state index contributed by atoms with van der Waals surface area (Å²) in [6.07, 6.45) is -4.44. The van der Waals surface area contributed by atoms with Gasteiger partial charge in [-0.3, -0.25) is 0 Å². The molecule has 2 atom stereocenters. The summed E-state index contributed by atoms with van der Waals surface area (Å²) in [5, 5.41) is 6.49. The Balaban J connectivity index is 1.75. The van der Waals surface area contributed by atoms with E-state index in [1.807, 2.05) is 10.8 Å². The molecule has 0 radical (unpaired) electrons. The maximum atomic E-state index is 13.6. The number of alkyl halides is 3. The highest BCUT2D eigenvalue weighted by atomic mass is 32.2. The van der Waals surface area contributed by atoms with Gasteiger partial charge in [0.1, 0.15) is 22.2 Å². The van der Waals surface area contributed by atoms with Crippen molar-refractivity contribution in [1.82, 2.24) is 9.29 Å². The summed E-state index contributed by atoms with van der Waals surface area (Å²) in [7, 11) is -4.22. The third kappa shape index (κ3) is 4.75. The van der Waals surface area contributed by atoms with Gasteiger partial charge in [0.25, 0.3) is 0 Å². The number of hydrogen-bond donors (Lipinski definition) is 1. The SMILES string of the molecule is CC1Cc2cc(F)ccc2CN1S(=O)(=O)c1ccc(C(F)(F)F)nc1N[C@H](C)c1ccsc1. The van der Waals surface area contributed by atoms with Gasteiger partial charge >= 0.3 is 6.18 Å².